The van der Waals surface area contributed by atoms with Gasteiger partial charge in [-0.05, 0) is 6.92 Å². The monoisotopic (exact) mass is 247 g/mol. The number of aliphatic hydroxyl groups excluding tert-OH is 1. The molecular weight excluding hydrogens is 234 g/mol. The van der Waals surface area contributed by atoms with Gasteiger partial charge >= 0.3 is 0 Å². The Balaban J connectivity index is 2.38. The number of primary amides is 1. The number of allylic oxidation sites excluding steroid dienone is 1. The van der Waals surface area contributed by atoms with Crippen LogP contribution in [-0.2, 0) is 10.6 Å². The van der Waals surface area contributed by atoms with Gasteiger partial charge in [0.1, 0.15) is 5.70 Å². The zero-order valence-electron chi connectivity index (χ0n) is 9.71. The van der Waals surface area contributed by atoms with Gasteiger partial charge in [-0.2, -0.15) is 0 Å². The lowest BCUT2D eigenvalue weighted by molar-refractivity contribution is -0.116. The lowest BCUT2D eigenvalue weighted by Crippen LogP contribution is -2.46. The lowest BCUT2D eigenvalue weighted by atomic mass is 10.1. The first-order chi connectivity index (χ1) is 8.42. The zero-order chi connectivity index (χ0) is 13.3. The van der Waals surface area contributed by atoms with Gasteiger partial charge in [-0.25, -0.2) is 4.99 Å². The van der Waals surface area contributed by atoms with Crippen molar-refractivity contribution in [2.75, 3.05) is 0 Å². The van der Waals surface area contributed by atoms with E-state index in [4.69, 9.17) is 5.73 Å². The molecule has 1 atom stereocenters. The molecule has 1 aromatic carbocycles. The Bertz CT molecular complexity index is 548. The first-order valence-electron chi connectivity index (χ1n) is 5.28. The highest BCUT2D eigenvalue weighted by Gasteiger charge is 2.34. The summed E-state index contributed by atoms with van der Waals surface area (Å²) in [5, 5.41) is 22.2. The van der Waals surface area contributed by atoms with Crippen LogP contribution in [0.4, 0.5) is 0 Å². The fraction of sp³-hybridized carbons (Fsp3) is 0.167. The molecule has 1 aliphatic heterocycles. The van der Waals surface area contributed by atoms with E-state index in [2.05, 4.69) is 10.3 Å². The van der Waals surface area contributed by atoms with Crippen molar-refractivity contribution in [2.45, 2.75) is 12.8 Å². The van der Waals surface area contributed by atoms with Crippen molar-refractivity contribution in [3.63, 3.8) is 0 Å². The van der Waals surface area contributed by atoms with Crippen molar-refractivity contribution < 1.29 is 15.0 Å². The molecule has 0 saturated heterocycles. The van der Waals surface area contributed by atoms with Crippen LogP contribution in [-0.4, -0.2) is 22.3 Å². The van der Waals surface area contributed by atoms with Gasteiger partial charge in [-0.15, -0.1) is 0 Å². The van der Waals surface area contributed by atoms with Gasteiger partial charge in [0.2, 0.25) is 0 Å². The summed E-state index contributed by atoms with van der Waals surface area (Å²) in [6.07, 6.45) is 0.996. The average Bonchev–Trinajstić information content (AvgIpc) is 2.33. The van der Waals surface area contributed by atoms with Crippen LogP contribution in [0.2, 0.25) is 0 Å². The van der Waals surface area contributed by atoms with E-state index in [1.54, 1.807) is 24.3 Å². The minimum atomic E-state index is -1.80. The number of benzene rings is 1. The maximum absolute atomic E-state index is 11.1. The first kappa shape index (κ1) is 12.1. The Kier molecular flexibility index (Phi) is 2.80. The van der Waals surface area contributed by atoms with Crippen molar-refractivity contribution in [3.05, 3.63) is 46.8 Å². The van der Waals surface area contributed by atoms with E-state index in [0.29, 0.717) is 5.56 Å². The molecule has 0 spiro atoms. The van der Waals surface area contributed by atoms with Crippen LogP contribution >= 0.6 is 0 Å². The van der Waals surface area contributed by atoms with Crippen molar-refractivity contribution in [1.82, 2.24) is 5.32 Å². The second kappa shape index (κ2) is 4.15. The number of carbonyl (C=O) groups is 1. The second-order valence-electron chi connectivity index (χ2n) is 4.05. The summed E-state index contributed by atoms with van der Waals surface area (Å²) in [7, 11) is 0. The Morgan fingerprint density at radius 2 is 2.00 bits per heavy atom. The molecule has 0 aromatic heterocycles. The molecule has 2 rings (SSSR count). The molecule has 6 nitrogen and oxygen atoms in total. The van der Waals surface area contributed by atoms with E-state index >= 15 is 0 Å². The highest BCUT2D eigenvalue weighted by molar-refractivity contribution is 5.98. The molecule has 1 aromatic rings. The lowest BCUT2D eigenvalue weighted by Gasteiger charge is -2.29. The van der Waals surface area contributed by atoms with Gasteiger partial charge in [0.05, 0.1) is 6.21 Å². The third-order valence-corrected chi connectivity index (χ3v) is 2.63. The molecule has 6 heteroatoms. The Morgan fingerprint density at radius 1 is 1.39 bits per heavy atom. The smallest absolute Gasteiger partial charge is 0.268 e. The summed E-state index contributed by atoms with van der Waals surface area (Å²) in [6, 6.07) is 6.93. The number of aryl methyl sites for hydroxylation is 1. The number of nitrogens with two attached hydrogens (primary N) is 1. The molecule has 1 aliphatic rings. The molecule has 5 N–H and O–H groups in total. The number of nitrogens with one attached hydrogen (secondary N) is 1. The maximum atomic E-state index is 11.1. The normalized spacial score (nSPS) is 22.8. The molecule has 0 saturated carbocycles. The fourth-order valence-corrected chi connectivity index (χ4v) is 1.61. The molecule has 94 valence electrons. The largest absolute Gasteiger partial charge is 0.504 e. The van der Waals surface area contributed by atoms with Crippen molar-refractivity contribution in [1.29, 1.82) is 0 Å². The van der Waals surface area contributed by atoms with Crippen LogP contribution in [0.3, 0.4) is 0 Å². The second-order valence-corrected chi connectivity index (χ2v) is 4.05. The highest BCUT2D eigenvalue weighted by atomic mass is 16.3. The van der Waals surface area contributed by atoms with Crippen molar-refractivity contribution >= 4 is 12.1 Å². The summed E-state index contributed by atoms with van der Waals surface area (Å²) >= 11 is 0. The summed E-state index contributed by atoms with van der Waals surface area (Å²) in [5.41, 5.74) is 6.28. The van der Waals surface area contributed by atoms with E-state index in [9.17, 15) is 15.0 Å². The number of carbonyl (C=O) groups excluding carboxylic acids is 1. The minimum absolute atomic E-state index is 0.270. The van der Waals surface area contributed by atoms with E-state index in [1.807, 2.05) is 6.92 Å². The number of rotatable bonds is 2. The first-order valence-corrected chi connectivity index (χ1v) is 5.28. The number of amides is 1. The van der Waals surface area contributed by atoms with Crippen LogP contribution in [0.25, 0.3) is 0 Å². The van der Waals surface area contributed by atoms with Gasteiger partial charge in [0.15, 0.2) is 5.76 Å². The zero-order valence-corrected chi connectivity index (χ0v) is 9.71. The summed E-state index contributed by atoms with van der Waals surface area (Å²) in [4.78, 5) is 14.9. The molecule has 0 radical (unpaired) electrons. The third kappa shape index (κ3) is 2.05. The molecule has 1 heterocycles. The molecule has 1 amide bonds. The van der Waals surface area contributed by atoms with Crippen LogP contribution in [0.5, 0.6) is 0 Å². The predicted octanol–water partition coefficient (Wildman–Crippen LogP) is 0.0265. The molecule has 18 heavy (non-hydrogen) atoms. The molecule has 0 fully saturated rings. The number of aliphatic hydroxyl groups is 2. The third-order valence-electron chi connectivity index (χ3n) is 2.63. The van der Waals surface area contributed by atoms with E-state index in [1.165, 1.54) is 0 Å². The number of hydrogen-bond acceptors (Lipinski definition) is 5. The summed E-state index contributed by atoms with van der Waals surface area (Å²) < 4.78 is 0. The summed E-state index contributed by atoms with van der Waals surface area (Å²) in [5.74, 6) is -3.08. The fourth-order valence-electron chi connectivity index (χ4n) is 1.61. The van der Waals surface area contributed by atoms with Crippen LogP contribution in [0.1, 0.15) is 11.1 Å². The maximum Gasteiger partial charge on any atom is 0.268 e. The number of nitrogens with zero attached hydrogens (tertiary/aromatic N) is 1. The quantitative estimate of drug-likeness (QED) is 0.591. The SMILES string of the molecule is Cc1ccc(C2(O)N=CC(O)=C(C(N)=O)N2)cc1. The van der Waals surface area contributed by atoms with Crippen molar-refractivity contribution in [3.8, 4) is 0 Å². The van der Waals surface area contributed by atoms with Crippen LogP contribution < -0.4 is 11.1 Å². The van der Waals surface area contributed by atoms with Crippen LogP contribution in [0.15, 0.2) is 40.7 Å². The van der Waals surface area contributed by atoms with Gasteiger partial charge in [-0.3, -0.25) is 4.79 Å². The number of hydrogen-bond donors (Lipinski definition) is 4. The van der Waals surface area contributed by atoms with E-state index in [-0.39, 0.29) is 5.70 Å². The van der Waals surface area contributed by atoms with E-state index in [0.717, 1.165) is 11.8 Å². The van der Waals surface area contributed by atoms with Crippen molar-refractivity contribution in [2.24, 2.45) is 10.7 Å². The Morgan fingerprint density at radius 3 is 2.56 bits per heavy atom. The van der Waals surface area contributed by atoms with Gasteiger partial charge < -0.3 is 21.3 Å². The predicted molar refractivity (Wildman–Crippen MR) is 65.6 cm³/mol. The molecular formula is C12H13N3O3. The highest BCUT2D eigenvalue weighted by Crippen LogP contribution is 2.24. The topological polar surface area (TPSA) is 108 Å². The average molecular weight is 247 g/mol. The molecule has 0 bridgehead atoms. The molecule has 1 unspecified atom stereocenters. The van der Waals surface area contributed by atoms with Gasteiger partial charge in [0, 0.05) is 5.56 Å². The molecule has 0 aliphatic carbocycles. The Hall–Kier alpha value is -2.34. The minimum Gasteiger partial charge on any atom is -0.504 e. The number of aliphatic imine (C=N–C) groups is 1. The van der Waals surface area contributed by atoms with Gasteiger partial charge in [0.25, 0.3) is 11.8 Å². The van der Waals surface area contributed by atoms with Crippen LogP contribution in [0, 0.1) is 6.92 Å². The summed E-state index contributed by atoms with van der Waals surface area (Å²) in [6.45, 7) is 1.91. The Labute approximate surface area is 103 Å². The standard InChI is InChI=1S/C12H13N3O3/c1-7-2-4-8(5-3-7)12(18)14-6-9(16)10(15-12)11(13)17/h2-6,15-16,18H,1H3,(H2,13,17). The van der Waals surface area contributed by atoms with E-state index < -0.39 is 17.5 Å². The van der Waals surface area contributed by atoms with Gasteiger partial charge in [-0.1, -0.05) is 29.8 Å².